The van der Waals surface area contributed by atoms with Gasteiger partial charge < -0.3 is 15.5 Å². The van der Waals surface area contributed by atoms with E-state index in [0.29, 0.717) is 16.6 Å². The van der Waals surface area contributed by atoms with E-state index in [1.807, 2.05) is 0 Å². The molecule has 1 heterocycles. The van der Waals surface area contributed by atoms with E-state index in [1.165, 1.54) is 0 Å². The molecule has 0 aliphatic rings. The van der Waals surface area contributed by atoms with Gasteiger partial charge in [0.05, 0.1) is 11.9 Å². The number of carboxylic acid groups (broad SMARTS) is 1. The predicted molar refractivity (Wildman–Crippen MR) is 108 cm³/mol. The SMILES string of the molecule is Cc1c(CCC(=O)NCCC(=O)O)c2cc(O)c(F)cc2n1C(=O)c1ccc(F)c(F)c1. The number of benzene rings is 2. The largest absolute Gasteiger partial charge is 0.505 e. The quantitative estimate of drug-likeness (QED) is 0.514. The van der Waals surface area contributed by atoms with Crippen molar-refractivity contribution in [2.45, 2.75) is 26.2 Å². The number of aliphatic carboxylic acids is 1. The summed E-state index contributed by atoms with van der Waals surface area (Å²) in [6.45, 7) is 1.50. The average Bonchev–Trinajstić information content (AvgIpc) is 2.98. The van der Waals surface area contributed by atoms with E-state index < -0.39 is 41.0 Å². The van der Waals surface area contributed by atoms with Gasteiger partial charge in [0.15, 0.2) is 23.2 Å². The maximum absolute atomic E-state index is 14.1. The van der Waals surface area contributed by atoms with Crippen molar-refractivity contribution in [1.29, 1.82) is 0 Å². The molecule has 0 spiro atoms. The van der Waals surface area contributed by atoms with Gasteiger partial charge in [-0.05, 0) is 43.2 Å². The lowest BCUT2D eigenvalue weighted by atomic mass is 10.1. The van der Waals surface area contributed by atoms with Gasteiger partial charge in [-0.2, -0.15) is 0 Å². The van der Waals surface area contributed by atoms with E-state index in [9.17, 15) is 32.7 Å². The number of phenolic OH excluding ortho intramolecular Hbond substituents is 1. The Labute approximate surface area is 180 Å². The maximum atomic E-state index is 14.1. The third-order valence-electron chi connectivity index (χ3n) is 5.04. The number of hydrogen-bond donors (Lipinski definition) is 3. The summed E-state index contributed by atoms with van der Waals surface area (Å²) >= 11 is 0. The van der Waals surface area contributed by atoms with E-state index in [1.54, 1.807) is 6.92 Å². The van der Waals surface area contributed by atoms with Gasteiger partial charge in [0.25, 0.3) is 5.91 Å². The fourth-order valence-corrected chi connectivity index (χ4v) is 3.46. The van der Waals surface area contributed by atoms with Crippen molar-refractivity contribution in [3.63, 3.8) is 0 Å². The van der Waals surface area contributed by atoms with E-state index in [-0.39, 0.29) is 36.9 Å². The number of halogens is 3. The van der Waals surface area contributed by atoms with Gasteiger partial charge in [0.1, 0.15) is 0 Å². The molecule has 0 radical (unpaired) electrons. The number of hydrogen-bond acceptors (Lipinski definition) is 4. The van der Waals surface area contributed by atoms with E-state index in [2.05, 4.69) is 5.32 Å². The number of carbonyl (C=O) groups excluding carboxylic acids is 2. The van der Waals surface area contributed by atoms with Crippen molar-refractivity contribution >= 4 is 28.7 Å². The van der Waals surface area contributed by atoms with Gasteiger partial charge in [-0.15, -0.1) is 0 Å². The summed E-state index contributed by atoms with van der Waals surface area (Å²) in [5.74, 6) is -6.20. The van der Waals surface area contributed by atoms with Crippen molar-refractivity contribution in [3.05, 3.63) is 64.6 Å². The zero-order valence-corrected chi connectivity index (χ0v) is 16.9. The van der Waals surface area contributed by atoms with E-state index in [4.69, 9.17) is 5.11 Å². The fraction of sp³-hybridized carbons (Fsp3) is 0.227. The molecule has 10 heteroatoms. The van der Waals surface area contributed by atoms with E-state index in [0.717, 1.165) is 34.9 Å². The number of nitrogens with one attached hydrogen (secondary N) is 1. The number of aromatic hydroxyl groups is 1. The van der Waals surface area contributed by atoms with Gasteiger partial charge in [-0.1, -0.05) is 0 Å². The number of nitrogens with zero attached hydrogens (tertiary/aromatic N) is 1. The minimum atomic E-state index is -1.22. The molecular formula is C22H19F3N2O5. The molecule has 3 aromatic rings. The molecule has 0 aliphatic heterocycles. The molecule has 0 fully saturated rings. The summed E-state index contributed by atoms with van der Waals surface area (Å²) in [7, 11) is 0. The lowest BCUT2D eigenvalue weighted by Crippen LogP contribution is -2.26. The summed E-state index contributed by atoms with van der Waals surface area (Å²) in [6, 6.07) is 4.71. The molecule has 0 atom stereocenters. The first-order chi connectivity index (χ1) is 15.1. The Kier molecular flexibility index (Phi) is 6.52. The summed E-state index contributed by atoms with van der Waals surface area (Å²) in [5.41, 5.74) is 0.724. The van der Waals surface area contributed by atoms with Crippen LogP contribution in [0.5, 0.6) is 5.75 Å². The molecule has 1 amide bonds. The highest BCUT2D eigenvalue weighted by Crippen LogP contribution is 2.32. The van der Waals surface area contributed by atoms with Gasteiger partial charge in [0.2, 0.25) is 5.91 Å². The van der Waals surface area contributed by atoms with Crippen LogP contribution in [0.4, 0.5) is 13.2 Å². The van der Waals surface area contributed by atoms with Crippen LogP contribution in [0.15, 0.2) is 30.3 Å². The predicted octanol–water partition coefficient (Wildman–Crippen LogP) is 3.28. The second kappa shape index (κ2) is 9.13. The van der Waals surface area contributed by atoms with Crippen molar-refractivity contribution < 1.29 is 37.8 Å². The monoisotopic (exact) mass is 448 g/mol. The van der Waals surface area contributed by atoms with Crippen LogP contribution in [-0.4, -0.2) is 39.1 Å². The lowest BCUT2D eigenvalue weighted by Gasteiger charge is -2.08. The first kappa shape index (κ1) is 22.9. The van der Waals surface area contributed by atoms with Crippen LogP contribution in [0, 0.1) is 24.4 Å². The zero-order chi connectivity index (χ0) is 23.6. The zero-order valence-electron chi connectivity index (χ0n) is 16.9. The number of phenols is 1. The van der Waals surface area contributed by atoms with Gasteiger partial charge in [-0.3, -0.25) is 19.0 Å². The molecule has 3 rings (SSSR count). The van der Waals surface area contributed by atoms with Crippen molar-refractivity contribution in [2.24, 2.45) is 0 Å². The average molecular weight is 448 g/mol. The summed E-state index contributed by atoms with van der Waals surface area (Å²) in [6.07, 6.45) is -0.193. The highest BCUT2D eigenvalue weighted by atomic mass is 19.2. The molecule has 0 saturated heterocycles. The number of aryl methyl sites for hydroxylation is 1. The summed E-state index contributed by atoms with van der Waals surface area (Å²) in [4.78, 5) is 35.6. The Balaban J connectivity index is 1.99. The molecule has 0 saturated carbocycles. The lowest BCUT2D eigenvalue weighted by molar-refractivity contribution is -0.136. The smallest absolute Gasteiger partial charge is 0.305 e. The van der Waals surface area contributed by atoms with Gasteiger partial charge in [-0.25, -0.2) is 13.2 Å². The third-order valence-corrected chi connectivity index (χ3v) is 5.04. The second-order valence-electron chi connectivity index (χ2n) is 7.15. The summed E-state index contributed by atoms with van der Waals surface area (Å²) in [5, 5.41) is 21.2. The standard InChI is InChI=1S/C22H19F3N2O5/c1-11-13(3-5-20(29)26-7-6-21(30)31)14-9-19(28)17(25)10-18(14)27(11)22(32)12-2-4-15(23)16(24)8-12/h2,4,8-10,28H,3,5-7H2,1H3,(H,26,29)(H,30,31). The number of amides is 1. The Morgan fingerprint density at radius 1 is 1.00 bits per heavy atom. The van der Waals surface area contributed by atoms with Crippen LogP contribution in [0.1, 0.15) is 34.5 Å². The molecule has 168 valence electrons. The Bertz CT molecular complexity index is 1240. The van der Waals surface area contributed by atoms with Crippen molar-refractivity contribution in [3.8, 4) is 5.75 Å². The maximum Gasteiger partial charge on any atom is 0.305 e. The molecule has 1 aromatic heterocycles. The Morgan fingerprint density at radius 3 is 2.38 bits per heavy atom. The minimum absolute atomic E-state index is 0.0461. The number of fused-ring (bicyclic) bond motifs is 1. The molecule has 0 aliphatic carbocycles. The number of aromatic nitrogens is 1. The van der Waals surface area contributed by atoms with Crippen LogP contribution in [0.25, 0.3) is 10.9 Å². The number of carboxylic acids is 1. The first-order valence-electron chi connectivity index (χ1n) is 9.60. The van der Waals surface area contributed by atoms with Crippen molar-refractivity contribution in [2.75, 3.05) is 6.54 Å². The Hall–Kier alpha value is -3.82. The minimum Gasteiger partial charge on any atom is -0.505 e. The van der Waals surface area contributed by atoms with Crippen LogP contribution >= 0.6 is 0 Å². The first-order valence-corrected chi connectivity index (χ1v) is 9.60. The summed E-state index contributed by atoms with van der Waals surface area (Å²) < 4.78 is 42.1. The molecule has 32 heavy (non-hydrogen) atoms. The second-order valence-corrected chi connectivity index (χ2v) is 7.15. The number of carbonyl (C=O) groups is 3. The molecule has 3 N–H and O–H groups in total. The molecule has 0 unspecified atom stereocenters. The fourth-order valence-electron chi connectivity index (χ4n) is 3.46. The molecular weight excluding hydrogens is 429 g/mol. The van der Waals surface area contributed by atoms with Crippen LogP contribution in [-0.2, 0) is 16.0 Å². The third kappa shape index (κ3) is 4.58. The van der Waals surface area contributed by atoms with E-state index >= 15 is 0 Å². The molecule has 0 bridgehead atoms. The van der Waals surface area contributed by atoms with Gasteiger partial charge >= 0.3 is 5.97 Å². The topological polar surface area (TPSA) is 109 Å². The highest BCUT2D eigenvalue weighted by molar-refractivity contribution is 6.04. The normalized spacial score (nSPS) is 11.0. The number of rotatable bonds is 7. The Morgan fingerprint density at radius 2 is 1.72 bits per heavy atom. The van der Waals surface area contributed by atoms with Crippen LogP contribution in [0.2, 0.25) is 0 Å². The van der Waals surface area contributed by atoms with Crippen LogP contribution < -0.4 is 5.32 Å². The molecule has 7 nitrogen and oxygen atoms in total. The highest BCUT2D eigenvalue weighted by Gasteiger charge is 2.23. The van der Waals surface area contributed by atoms with Crippen molar-refractivity contribution in [1.82, 2.24) is 9.88 Å². The molecule has 2 aromatic carbocycles. The van der Waals surface area contributed by atoms with Gasteiger partial charge in [0, 0.05) is 35.7 Å². The van der Waals surface area contributed by atoms with Crippen LogP contribution in [0.3, 0.4) is 0 Å².